The highest BCUT2D eigenvalue weighted by molar-refractivity contribution is 5.82. The normalized spacial score (nSPS) is 17.5. The molecule has 0 aliphatic rings. The highest BCUT2D eigenvalue weighted by Crippen LogP contribution is 2.38. The van der Waals surface area contributed by atoms with Gasteiger partial charge in [-0.25, -0.2) is 0 Å². The second kappa shape index (κ2) is 6.37. The van der Waals surface area contributed by atoms with Crippen molar-refractivity contribution >= 4 is 17.9 Å². The van der Waals surface area contributed by atoms with Crippen LogP contribution in [0.4, 0.5) is 0 Å². The maximum Gasteiger partial charge on any atom is 0.310 e. The highest BCUT2D eigenvalue weighted by Gasteiger charge is 2.46. The zero-order valence-corrected chi connectivity index (χ0v) is 10.8. The van der Waals surface area contributed by atoms with Gasteiger partial charge in [0, 0.05) is 0 Å². The fourth-order valence-electron chi connectivity index (χ4n) is 2.09. The van der Waals surface area contributed by atoms with Crippen LogP contribution in [0, 0.1) is 17.3 Å². The number of hydrogen-bond acceptors (Lipinski definition) is 3. The molecule has 0 heterocycles. The molecule has 0 bridgehead atoms. The lowest BCUT2D eigenvalue weighted by Crippen LogP contribution is -2.42. The predicted molar refractivity (Wildman–Crippen MR) is 63.2 cm³/mol. The Labute approximate surface area is 106 Å². The first-order valence-corrected chi connectivity index (χ1v) is 5.84. The second-order valence-corrected chi connectivity index (χ2v) is 4.82. The Hall–Kier alpha value is -1.59. The Morgan fingerprint density at radius 3 is 1.94 bits per heavy atom. The lowest BCUT2D eigenvalue weighted by Gasteiger charge is -2.33. The molecule has 0 aromatic heterocycles. The van der Waals surface area contributed by atoms with Crippen molar-refractivity contribution in [3.8, 4) is 0 Å². The summed E-state index contributed by atoms with van der Waals surface area (Å²) in [5, 5.41) is 27.1. The maximum absolute atomic E-state index is 11.3. The van der Waals surface area contributed by atoms with Crippen LogP contribution in [0.5, 0.6) is 0 Å². The molecular weight excluding hydrogens is 240 g/mol. The van der Waals surface area contributed by atoms with Gasteiger partial charge in [0.2, 0.25) is 0 Å². The van der Waals surface area contributed by atoms with Crippen molar-refractivity contribution in [2.45, 2.75) is 40.0 Å². The van der Waals surface area contributed by atoms with Gasteiger partial charge in [-0.05, 0) is 19.3 Å². The fourth-order valence-corrected chi connectivity index (χ4v) is 2.09. The zero-order chi connectivity index (χ0) is 14.5. The molecular formula is C12H20O6. The lowest BCUT2D eigenvalue weighted by molar-refractivity contribution is -0.162. The first-order chi connectivity index (χ1) is 8.16. The number of carbonyl (C=O) groups is 3. The summed E-state index contributed by atoms with van der Waals surface area (Å²) in [6, 6.07) is 0. The van der Waals surface area contributed by atoms with E-state index in [1.54, 1.807) is 6.92 Å². The average molecular weight is 260 g/mol. The summed E-state index contributed by atoms with van der Waals surface area (Å²) in [5.74, 6) is -5.21. The van der Waals surface area contributed by atoms with Gasteiger partial charge in [-0.1, -0.05) is 20.3 Å². The van der Waals surface area contributed by atoms with Crippen molar-refractivity contribution in [2.24, 2.45) is 17.3 Å². The lowest BCUT2D eigenvalue weighted by atomic mass is 9.68. The summed E-state index contributed by atoms with van der Waals surface area (Å²) < 4.78 is 0. The zero-order valence-electron chi connectivity index (χ0n) is 10.8. The number of carboxylic acids is 3. The van der Waals surface area contributed by atoms with Gasteiger partial charge in [-0.2, -0.15) is 0 Å². The van der Waals surface area contributed by atoms with E-state index in [4.69, 9.17) is 10.2 Å². The van der Waals surface area contributed by atoms with Crippen LogP contribution in [0.25, 0.3) is 0 Å². The molecule has 0 saturated carbocycles. The Kier molecular flexibility index (Phi) is 5.81. The number of aliphatic carboxylic acids is 3. The average Bonchev–Trinajstić information content (AvgIpc) is 2.23. The highest BCUT2D eigenvalue weighted by atomic mass is 16.4. The first-order valence-electron chi connectivity index (χ1n) is 5.84. The van der Waals surface area contributed by atoms with Gasteiger partial charge in [0.25, 0.3) is 0 Å². The third-order valence-corrected chi connectivity index (χ3v) is 3.53. The van der Waals surface area contributed by atoms with Gasteiger partial charge in [0.05, 0.1) is 17.8 Å². The summed E-state index contributed by atoms with van der Waals surface area (Å²) in [4.78, 5) is 33.2. The van der Waals surface area contributed by atoms with Crippen LogP contribution in [0.3, 0.4) is 0 Å². The van der Waals surface area contributed by atoms with Crippen molar-refractivity contribution in [3.63, 3.8) is 0 Å². The van der Waals surface area contributed by atoms with Crippen molar-refractivity contribution in [1.82, 2.24) is 0 Å². The minimum absolute atomic E-state index is 0.332. The van der Waals surface area contributed by atoms with E-state index in [-0.39, 0.29) is 0 Å². The molecule has 3 N–H and O–H groups in total. The van der Waals surface area contributed by atoms with E-state index in [2.05, 4.69) is 0 Å². The monoisotopic (exact) mass is 260 g/mol. The van der Waals surface area contributed by atoms with Crippen LogP contribution in [0.15, 0.2) is 0 Å². The van der Waals surface area contributed by atoms with E-state index in [9.17, 15) is 19.5 Å². The van der Waals surface area contributed by atoms with E-state index in [1.807, 2.05) is 0 Å². The Balaban J connectivity index is 5.27. The molecule has 0 aromatic carbocycles. The predicted octanol–water partition coefficient (Wildman–Crippen LogP) is 1.69. The summed E-state index contributed by atoms with van der Waals surface area (Å²) >= 11 is 0. The molecule has 104 valence electrons. The molecule has 18 heavy (non-hydrogen) atoms. The van der Waals surface area contributed by atoms with Crippen LogP contribution in [-0.2, 0) is 14.4 Å². The molecule has 0 aromatic rings. The molecule has 0 saturated heterocycles. The summed E-state index contributed by atoms with van der Waals surface area (Å²) in [6.45, 7) is 4.59. The third-order valence-electron chi connectivity index (χ3n) is 3.53. The van der Waals surface area contributed by atoms with Gasteiger partial charge >= 0.3 is 17.9 Å². The molecule has 6 nitrogen and oxygen atoms in total. The van der Waals surface area contributed by atoms with E-state index >= 15 is 0 Å². The molecule has 0 radical (unpaired) electrons. The van der Waals surface area contributed by atoms with Gasteiger partial charge in [0.1, 0.15) is 0 Å². The van der Waals surface area contributed by atoms with Crippen LogP contribution < -0.4 is 0 Å². The quantitative estimate of drug-likeness (QED) is 0.612. The molecule has 0 spiro atoms. The van der Waals surface area contributed by atoms with Crippen LogP contribution in [0.1, 0.15) is 40.0 Å². The summed E-state index contributed by atoms with van der Waals surface area (Å²) in [5.41, 5.74) is -1.58. The summed E-state index contributed by atoms with van der Waals surface area (Å²) in [7, 11) is 0. The standard InChI is InChI=1S/C12H20O6/c1-4-5-8(10(15)16)7(2)12(3,11(17)18)6-9(13)14/h7-8H,4-6H2,1-3H3,(H,13,14)(H,15,16)(H,17,18). The molecule has 0 amide bonds. The molecule has 0 aliphatic heterocycles. The van der Waals surface area contributed by atoms with E-state index in [1.165, 1.54) is 13.8 Å². The van der Waals surface area contributed by atoms with Crippen molar-refractivity contribution < 1.29 is 29.7 Å². The van der Waals surface area contributed by atoms with Gasteiger partial charge in [0.15, 0.2) is 0 Å². The van der Waals surface area contributed by atoms with E-state index < -0.39 is 41.6 Å². The number of carboxylic acid groups (broad SMARTS) is 3. The Bertz CT molecular complexity index is 337. The van der Waals surface area contributed by atoms with Crippen molar-refractivity contribution in [2.75, 3.05) is 0 Å². The molecule has 6 heteroatoms. The Morgan fingerprint density at radius 2 is 1.67 bits per heavy atom. The van der Waals surface area contributed by atoms with Crippen LogP contribution in [-0.4, -0.2) is 33.2 Å². The minimum atomic E-state index is -1.58. The number of hydrogen-bond donors (Lipinski definition) is 3. The molecule has 0 aliphatic carbocycles. The van der Waals surface area contributed by atoms with Gasteiger partial charge in [-0.15, -0.1) is 0 Å². The second-order valence-electron chi connectivity index (χ2n) is 4.82. The molecule has 0 rings (SSSR count). The van der Waals surface area contributed by atoms with Crippen LogP contribution >= 0.6 is 0 Å². The van der Waals surface area contributed by atoms with Gasteiger partial charge < -0.3 is 15.3 Å². The largest absolute Gasteiger partial charge is 0.481 e. The minimum Gasteiger partial charge on any atom is -0.481 e. The number of rotatable bonds is 8. The SMILES string of the molecule is CCCC(C(=O)O)C(C)C(C)(CC(=O)O)C(=O)O. The van der Waals surface area contributed by atoms with Crippen molar-refractivity contribution in [3.05, 3.63) is 0 Å². The van der Waals surface area contributed by atoms with Gasteiger partial charge in [-0.3, -0.25) is 14.4 Å². The smallest absolute Gasteiger partial charge is 0.310 e. The Morgan fingerprint density at radius 1 is 1.17 bits per heavy atom. The maximum atomic E-state index is 11.3. The van der Waals surface area contributed by atoms with Crippen molar-refractivity contribution in [1.29, 1.82) is 0 Å². The summed E-state index contributed by atoms with van der Waals surface area (Å²) in [6.07, 6.45) is 0.347. The molecule has 3 unspecified atom stereocenters. The third kappa shape index (κ3) is 3.72. The van der Waals surface area contributed by atoms with Crippen LogP contribution in [0.2, 0.25) is 0 Å². The fraction of sp³-hybridized carbons (Fsp3) is 0.750. The first kappa shape index (κ1) is 16.4. The topological polar surface area (TPSA) is 112 Å². The van der Waals surface area contributed by atoms with E-state index in [0.717, 1.165) is 0 Å². The van der Waals surface area contributed by atoms with E-state index in [0.29, 0.717) is 12.8 Å². The molecule has 0 fully saturated rings. The molecule has 3 atom stereocenters.